The third kappa shape index (κ3) is 5.49. The zero-order valence-electron chi connectivity index (χ0n) is 22.3. The zero-order chi connectivity index (χ0) is 23.5. The molecule has 2 saturated carbocycles. The van der Waals surface area contributed by atoms with Crippen LogP contribution in [0.15, 0.2) is 69.9 Å². The van der Waals surface area contributed by atoms with Crippen molar-refractivity contribution in [1.29, 1.82) is 0 Å². The van der Waals surface area contributed by atoms with E-state index in [2.05, 4.69) is 91.8 Å². The Kier molecular flexibility index (Phi) is 7.95. The molecule has 0 spiro atoms. The molecule has 176 valence electrons. The molecule has 3 aliphatic rings. The first-order chi connectivity index (χ1) is 15.1. The fraction of sp³-hybridized carbons (Fsp3) is 0.625. The topological polar surface area (TPSA) is 0 Å². The number of rotatable bonds is 4. The van der Waals surface area contributed by atoms with E-state index in [9.17, 15) is 0 Å². The van der Waals surface area contributed by atoms with Crippen molar-refractivity contribution < 1.29 is 0 Å². The zero-order valence-corrected chi connectivity index (χ0v) is 22.3. The SMILES string of the molecule is CC(C)=CC=C(C1=CC=C(C)CC(C)=CCC1C)C12CCC(C=C(C)C)(CCCC1C)C2. The normalized spacial score (nSPS) is 33.6. The highest BCUT2D eigenvalue weighted by Crippen LogP contribution is 2.64. The molecule has 0 heterocycles. The van der Waals surface area contributed by atoms with Crippen LogP contribution in [-0.2, 0) is 0 Å². The maximum absolute atomic E-state index is 2.66. The van der Waals surface area contributed by atoms with Crippen LogP contribution >= 0.6 is 0 Å². The second-order valence-corrected chi connectivity index (χ2v) is 12.0. The highest BCUT2D eigenvalue weighted by Gasteiger charge is 2.53. The summed E-state index contributed by atoms with van der Waals surface area (Å²) in [5, 5.41) is 0. The highest BCUT2D eigenvalue weighted by atomic mass is 14.6. The average Bonchev–Trinajstić information content (AvgIpc) is 3.02. The summed E-state index contributed by atoms with van der Waals surface area (Å²) in [6.07, 6.45) is 25.4. The fourth-order valence-electron chi connectivity index (χ4n) is 6.88. The van der Waals surface area contributed by atoms with Crippen molar-refractivity contribution in [1.82, 2.24) is 0 Å². The van der Waals surface area contributed by atoms with Gasteiger partial charge in [0.25, 0.3) is 0 Å². The summed E-state index contributed by atoms with van der Waals surface area (Å²) in [6.45, 7) is 18.7. The first kappa shape index (κ1) is 25.1. The number of allylic oxidation sites excluding steroid dienone is 12. The van der Waals surface area contributed by atoms with Gasteiger partial charge in [-0.25, -0.2) is 0 Å². The van der Waals surface area contributed by atoms with Crippen molar-refractivity contribution in [3.63, 3.8) is 0 Å². The molecule has 0 saturated heterocycles. The summed E-state index contributed by atoms with van der Waals surface area (Å²) in [5.74, 6) is 1.28. The van der Waals surface area contributed by atoms with Crippen LogP contribution in [-0.4, -0.2) is 0 Å². The molecule has 3 rings (SSSR count). The van der Waals surface area contributed by atoms with E-state index in [-0.39, 0.29) is 0 Å². The van der Waals surface area contributed by atoms with Crippen LogP contribution in [0.3, 0.4) is 0 Å². The van der Waals surface area contributed by atoms with Crippen molar-refractivity contribution in [3.8, 4) is 0 Å². The van der Waals surface area contributed by atoms with E-state index in [1.807, 2.05) is 0 Å². The molecule has 2 fully saturated rings. The Morgan fingerprint density at radius 3 is 2.34 bits per heavy atom. The molecule has 0 aromatic carbocycles. The Morgan fingerprint density at radius 1 is 0.906 bits per heavy atom. The molecule has 0 aliphatic heterocycles. The minimum atomic E-state index is 0.295. The summed E-state index contributed by atoms with van der Waals surface area (Å²) >= 11 is 0. The third-order valence-electron chi connectivity index (χ3n) is 8.47. The first-order valence-electron chi connectivity index (χ1n) is 13.1. The summed E-state index contributed by atoms with van der Waals surface area (Å²) in [7, 11) is 0. The predicted octanol–water partition coefficient (Wildman–Crippen LogP) is 10.1. The molecule has 0 radical (unpaired) electrons. The lowest BCUT2D eigenvalue weighted by molar-refractivity contribution is 0.223. The molecule has 0 amide bonds. The molecule has 3 aliphatic carbocycles. The quantitative estimate of drug-likeness (QED) is 0.306. The van der Waals surface area contributed by atoms with Gasteiger partial charge in [0.1, 0.15) is 0 Å². The smallest absolute Gasteiger partial charge is 0.000999 e. The Balaban J connectivity index is 2.18. The van der Waals surface area contributed by atoms with Crippen LogP contribution in [0.25, 0.3) is 0 Å². The second-order valence-electron chi connectivity index (χ2n) is 12.0. The highest BCUT2D eigenvalue weighted by molar-refractivity contribution is 5.46. The van der Waals surface area contributed by atoms with Gasteiger partial charge in [0.05, 0.1) is 0 Å². The molecule has 0 N–H and O–H groups in total. The molecule has 32 heavy (non-hydrogen) atoms. The Hall–Kier alpha value is -1.56. The van der Waals surface area contributed by atoms with Crippen LogP contribution < -0.4 is 0 Å². The van der Waals surface area contributed by atoms with E-state index in [0.717, 1.165) is 18.8 Å². The van der Waals surface area contributed by atoms with Gasteiger partial charge < -0.3 is 0 Å². The molecule has 0 aromatic rings. The van der Waals surface area contributed by atoms with Crippen molar-refractivity contribution in [2.75, 3.05) is 0 Å². The van der Waals surface area contributed by atoms with Crippen LogP contribution in [0, 0.1) is 22.7 Å². The lowest BCUT2D eigenvalue weighted by Gasteiger charge is -2.41. The largest absolute Gasteiger partial charge is 0.0847 e. The van der Waals surface area contributed by atoms with Crippen molar-refractivity contribution in [2.24, 2.45) is 22.7 Å². The van der Waals surface area contributed by atoms with Gasteiger partial charge in [-0.3, -0.25) is 0 Å². The van der Waals surface area contributed by atoms with E-state index < -0.39 is 0 Å². The first-order valence-corrected chi connectivity index (χ1v) is 13.1. The van der Waals surface area contributed by atoms with E-state index >= 15 is 0 Å². The lowest BCUT2D eigenvalue weighted by atomic mass is 9.63. The van der Waals surface area contributed by atoms with Gasteiger partial charge in [0, 0.05) is 0 Å². The van der Waals surface area contributed by atoms with Gasteiger partial charge in [0.2, 0.25) is 0 Å². The van der Waals surface area contributed by atoms with Crippen LogP contribution in [0.5, 0.6) is 0 Å². The van der Waals surface area contributed by atoms with E-state index in [4.69, 9.17) is 0 Å². The summed E-state index contributed by atoms with van der Waals surface area (Å²) in [4.78, 5) is 0. The molecule has 0 aromatic heterocycles. The minimum absolute atomic E-state index is 0.295. The van der Waals surface area contributed by atoms with Crippen LogP contribution in [0.2, 0.25) is 0 Å². The molecular weight excluding hydrogens is 384 g/mol. The van der Waals surface area contributed by atoms with Crippen molar-refractivity contribution in [2.45, 2.75) is 107 Å². The second kappa shape index (κ2) is 10.1. The minimum Gasteiger partial charge on any atom is -0.0847 e. The Bertz CT molecular complexity index is 875. The van der Waals surface area contributed by atoms with Crippen LogP contribution in [0.1, 0.15) is 107 Å². The maximum atomic E-state index is 2.66. The molecule has 4 atom stereocenters. The summed E-state index contributed by atoms with van der Waals surface area (Å²) in [5.41, 5.74) is 9.83. The fourth-order valence-corrected chi connectivity index (χ4v) is 6.88. The lowest BCUT2D eigenvalue weighted by Crippen LogP contribution is -2.31. The van der Waals surface area contributed by atoms with Gasteiger partial charge in [-0.15, -0.1) is 0 Å². The van der Waals surface area contributed by atoms with Gasteiger partial charge in [-0.2, -0.15) is 0 Å². The number of fused-ring (bicyclic) bond motifs is 2. The Morgan fingerprint density at radius 2 is 1.66 bits per heavy atom. The third-order valence-corrected chi connectivity index (χ3v) is 8.47. The summed E-state index contributed by atoms with van der Waals surface area (Å²) in [6, 6.07) is 0. The van der Waals surface area contributed by atoms with Gasteiger partial charge in [-0.1, -0.05) is 79.0 Å². The van der Waals surface area contributed by atoms with Gasteiger partial charge >= 0.3 is 0 Å². The van der Waals surface area contributed by atoms with E-state index in [1.54, 1.807) is 11.1 Å². The standard InChI is InChI=1S/C32H48/c1-23(2)11-16-30(29-15-13-26(6)20-25(5)12-14-27(29)7)32-19-18-31(22-32,21-24(3)4)17-9-10-28(32)8/h11-13,15-16,21,27-28H,9-10,14,17-20,22H2,1-8H3. The molecule has 2 bridgehead atoms. The van der Waals surface area contributed by atoms with E-state index in [1.165, 1.54) is 60.8 Å². The van der Waals surface area contributed by atoms with Crippen LogP contribution in [0.4, 0.5) is 0 Å². The predicted molar refractivity (Wildman–Crippen MR) is 143 cm³/mol. The van der Waals surface area contributed by atoms with E-state index in [0.29, 0.717) is 16.7 Å². The number of hydrogen-bond donors (Lipinski definition) is 0. The molecular formula is C32H48. The summed E-state index contributed by atoms with van der Waals surface area (Å²) < 4.78 is 0. The molecule has 0 nitrogen and oxygen atoms in total. The molecule has 4 unspecified atom stereocenters. The van der Waals surface area contributed by atoms with Crippen molar-refractivity contribution in [3.05, 3.63) is 69.9 Å². The maximum Gasteiger partial charge on any atom is -0.000999 e. The van der Waals surface area contributed by atoms with Crippen molar-refractivity contribution >= 4 is 0 Å². The van der Waals surface area contributed by atoms with Gasteiger partial charge in [-0.05, 0) is 120 Å². The Labute approximate surface area is 199 Å². The van der Waals surface area contributed by atoms with Gasteiger partial charge in [0.15, 0.2) is 0 Å². The average molecular weight is 433 g/mol. The monoisotopic (exact) mass is 432 g/mol. The molecule has 0 heteroatoms. The number of hydrogen-bond acceptors (Lipinski definition) is 0.